The van der Waals surface area contributed by atoms with Gasteiger partial charge in [-0.15, -0.1) is 0 Å². The summed E-state index contributed by atoms with van der Waals surface area (Å²) >= 11 is 6.04. The van der Waals surface area contributed by atoms with Crippen LogP contribution in [0.25, 0.3) is 0 Å². The van der Waals surface area contributed by atoms with Gasteiger partial charge in [0.1, 0.15) is 0 Å². The van der Waals surface area contributed by atoms with Crippen LogP contribution in [-0.4, -0.2) is 35.3 Å². The van der Waals surface area contributed by atoms with Crippen molar-refractivity contribution in [3.8, 4) is 0 Å². The number of hydrogen-bond donors (Lipinski definition) is 1. The molecule has 0 radical (unpaired) electrons. The van der Waals surface area contributed by atoms with Crippen molar-refractivity contribution in [3.63, 3.8) is 0 Å². The smallest absolute Gasteiger partial charge is 0.288 e. The lowest BCUT2D eigenvalue weighted by Gasteiger charge is -2.31. The van der Waals surface area contributed by atoms with Gasteiger partial charge in [-0.1, -0.05) is 48.0 Å². The fraction of sp³-hybridized carbons (Fsp3) is 0.375. The van der Waals surface area contributed by atoms with E-state index in [1.165, 1.54) is 0 Å². The van der Waals surface area contributed by atoms with E-state index in [2.05, 4.69) is 0 Å². The summed E-state index contributed by atoms with van der Waals surface area (Å²) in [7, 11) is 0. The third-order valence-electron chi connectivity index (χ3n) is 5.60. The van der Waals surface area contributed by atoms with Crippen LogP contribution in [0.3, 0.4) is 0 Å². The van der Waals surface area contributed by atoms with Gasteiger partial charge in [-0.2, -0.15) is 0 Å². The van der Waals surface area contributed by atoms with Crippen LogP contribution in [0.1, 0.15) is 41.9 Å². The minimum atomic E-state index is -0.519. The van der Waals surface area contributed by atoms with E-state index >= 15 is 0 Å². The predicted molar refractivity (Wildman–Crippen MR) is 115 cm³/mol. The first-order chi connectivity index (χ1) is 14.6. The third-order valence-corrected chi connectivity index (χ3v) is 5.85. The van der Waals surface area contributed by atoms with E-state index in [0.717, 1.165) is 42.6 Å². The number of benzene rings is 2. The molecule has 2 heterocycles. The number of likely N-dealkylation sites (tertiary alicyclic amines) is 1. The molecule has 0 aliphatic carbocycles. The van der Waals surface area contributed by atoms with Gasteiger partial charge in [0.2, 0.25) is 6.29 Å². The zero-order valence-electron chi connectivity index (χ0n) is 16.8. The summed E-state index contributed by atoms with van der Waals surface area (Å²) in [5.41, 5.74) is 2.92. The molecule has 1 saturated heterocycles. The first kappa shape index (κ1) is 20.9. The van der Waals surface area contributed by atoms with E-state index in [0.29, 0.717) is 23.8 Å². The van der Waals surface area contributed by atoms with E-state index in [1.807, 2.05) is 59.5 Å². The van der Waals surface area contributed by atoms with Gasteiger partial charge in [0.25, 0.3) is 5.91 Å². The number of carbonyl (C=O) groups is 1. The van der Waals surface area contributed by atoms with E-state index < -0.39 is 6.29 Å². The quantitative estimate of drug-likeness (QED) is 0.743. The fourth-order valence-electron chi connectivity index (χ4n) is 3.86. The van der Waals surface area contributed by atoms with Crippen molar-refractivity contribution in [3.05, 3.63) is 82.1 Å². The number of allylic oxidation sites excluding steroid dienone is 1. The summed E-state index contributed by atoms with van der Waals surface area (Å²) in [5.74, 6) is 0.315. The molecule has 1 N–H and O–H groups in total. The van der Waals surface area contributed by atoms with Gasteiger partial charge in [0, 0.05) is 30.5 Å². The summed E-state index contributed by atoms with van der Waals surface area (Å²) < 4.78 is 12.0. The number of ether oxygens (including phenoxy) is 2. The molecule has 6 heteroatoms. The third kappa shape index (κ3) is 5.04. The Morgan fingerprint density at radius 3 is 2.40 bits per heavy atom. The predicted octanol–water partition coefficient (Wildman–Crippen LogP) is 4.39. The monoisotopic (exact) mass is 427 g/mol. The van der Waals surface area contributed by atoms with Crippen LogP contribution in [0.15, 0.2) is 60.4 Å². The maximum atomic E-state index is 13.0. The molecular formula is C24H26ClNO4. The van der Waals surface area contributed by atoms with Crippen molar-refractivity contribution < 1.29 is 19.4 Å². The number of rotatable bonds is 6. The molecule has 1 fully saturated rings. The Kier molecular flexibility index (Phi) is 6.72. The van der Waals surface area contributed by atoms with Crippen molar-refractivity contribution in [1.82, 2.24) is 4.90 Å². The second kappa shape index (κ2) is 9.65. The van der Waals surface area contributed by atoms with Crippen LogP contribution in [0.2, 0.25) is 5.02 Å². The Bertz CT molecular complexity index is 888. The summed E-state index contributed by atoms with van der Waals surface area (Å²) in [4.78, 5) is 14.8. The number of hydrogen-bond acceptors (Lipinski definition) is 4. The normalized spacial score (nSPS) is 21.3. The van der Waals surface area contributed by atoms with Crippen molar-refractivity contribution in [1.29, 1.82) is 0 Å². The Labute approximate surface area is 181 Å². The van der Waals surface area contributed by atoms with E-state index in [-0.39, 0.29) is 18.4 Å². The highest BCUT2D eigenvalue weighted by molar-refractivity contribution is 6.30. The van der Waals surface area contributed by atoms with Gasteiger partial charge in [0.15, 0.2) is 5.76 Å². The van der Waals surface area contributed by atoms with Gasteiger partial charge in [-0.25, -0.2) is 0 Å². The van der Waals surface area contributed by atoms with E-state index in [9.17, 15) is 9.90 Å². The SMILES string of the molecule is O=C(C1=C[C@H](c2ccc(Cl)cc2)C[C@H](OCc2ccc(CO)cc2)O1)N1CCCC1. The second-order valence-corrected chi connectivity index (χ2v) is 8.19. The molecule has 2 aliphatic rings. The molecule has 4 rings (SSSR count). The molecule has 0 bridgehead atoms. The standard InChI is InChI=1S/C24H26ClNO4/c25-21-9-7-19(8-10-21)20-13-22(24(28)26-11-1-2-12-26)30-23(14-20)29-16-18-5-3-17(15-27)4-6-18/h3-10,13,20,23,27H,1-2,11-12,14-16H2/t20-,23+/m0/s1. The molecule has 5 nitrogen and oxygen atoms in total. The highest BCUT2D eigenvalue weighted by Crippen LogP contribution is 2.33. The average Bonchev–Trinajstić information content (AvgIpc) is 3.33. The molecule has 1 amide bonds. The number of amides is 1. The average molecular weight is 428 g/mol. The molecule has 0 saturated carbocycles. The molecule has 2 aliphatic heterocycles. The molecule has 2 atom stereocenters. The number of aliphatic hydroxyl groups is 1. The maximum Gasteiger partial charge on any atom is 0.288 e. The summed E-state index contributed by atoms with van der Waals surface area (Å²) in [5, 5.41) is 9.87. The Balaban J connectivity index is 1.49. The molecule has 158 valence electrons. The largest absolute Gasteiger partial charge is 0.459 e. The minimum Gasteiger partial charge on any atom is -0.459 e. The lowest BCUT2D eigenvalue weighted by molar-refractivity contribution is -0.155. The number of halogens is 1. The summed E-state index contributed by atoms with van der Waals surface area (Å²) in [6.45, 7) is 1.93. The van der Waals surface area contributed by atoms with Crippen molar-refractivity contribution in [2.45, 2.75) is 44.7 Å². The van der Waals surface area contributed by atoms with Gasteiger partial charge in [0.05, 0.1) is 13.2 Å². The van der Waals surface area contributed by atoms with E-state index in [1.54, 1.807) is 0 Å². The topological polar surface area (TPSA) is 59.0 Å². The van der Waals surface area contributed by atoms with Crippen molar-refractivity contribution >= 4 is 17.5 Å². The second-order valence-electron chi connectivity index (χ2n) is 7.76. The van der Waals surface area contributed by atoms with E-state index in [4.69, 9.17) is 21.1 Å². The van der Waals surface area contributed by atoms with Gasteiger partial charge < -0.3 is 19.5 Å². The number of nitrogens with zero attached hydrogens (tertiary/aromatic N) is 1. The molecular weight excluding hydrogens is 402 g/mol. The van der Waals surface area contributed by atoms with Crippen LogP contribution < -0.4 is 0 Å². The Hall–Kier alpha value is -2.34. The fourth-order valence-corrected chi connectivity index (χ4v) is 3.99. The molecule has 2 aromatic rings. The van der Waals surface area contributed by atoms with Crippen LogP contribution in [0.4, 0.5) is 0 Å². The molecule has 30 heavy (non-hydrogen) atoms. The molecule has 2 aromatic carbocycles. The molecule has 0 unspecified atom stereocenters. The van der Waals surface area contributed by atoms with Gasteiger partial charge in [-0.3, -0.25) is 4.79 Å². The van der Waals surface area contributed by atoms with Crippen molar-refractivity contribution in [2.75, 3.05) is 13.1 Å². The minimum absolute atomic E-state index is 0.0133. The number of aliphatic hydroxyl groups excluding tert-OH is 1. The maximum absolute atomic E-state index is 13.0. The highest BCUT2D eigenvalue weighted by Gasteiger charge is 2.31. The Morgan fingerprint density at radius 2 is 1.73 bits per heavy atom. The van der Waals surface area contributed by atoms with Crippen LogP contribution in [-0.2, 0) is 27.5 Å². The van der Waals surface area contributed by atoms with Gasteiger partial charge >= 0.3 is 0 Å². The van der Waals surface area contributed by atoms with Gasteiger partial charge in [-0.05, 0) is 47.7 Å². The van der Waals surface area contributed by atoms with Crippen LogP contribution in [0.5, 0.6) is 0 Å². The first-order valence-electron chi connectivity index (χ1n) is 10.4. The highest BCUT2D eigenvalue weighted by atomic mass is 35.5. The zero-order valence-corrected chi connectivity index (χ0v) is 17.6. The van der Waals surface area contributed by atoms with Crippen LogP contribution in [0, 0.1) is 0 Å². The summed E-state index contributed by atoms with van der Waals surface area (Å²) in [6.07, 6.45) is 4.08. The zero-order chi connectivity index (χ0) is 20.9. The Morgan fingerprint density at radius 1 is 1.07 bits per heavy atom. The lowest BCUT2D eigenvalue weighted by Crippen LogP contribution is -2.34. The molecule has 0 aromatic heterocycles. The summed E-state index contributed by atoms with van der Waals surface area (Å²) in [6, 6.07) is 15.3. The van der Waals surface area contributed by atoms with Crippen LogP contribution >= 0.6 is 11.6 Å². The molecule has 0 spiro atoms. The number of carbonyl (C=O) groups excluding carboxylic acids is 1. The lowest BCUT2D eigenvalue weighted by atomic mass is 9.93. The first-order valence-corrected chi connectivity index (χ1v) is 10.7. The van der Waals surface area contributed by atoms with Crippen molar-refractivity contribution in [2.24, 2.45) is 0 Å².